The molecule has 0 fully saturated rings. The van der Waals surface area contributed by atoms with Gasteiger partial charge in [-0.15, -0.1) is 5.10 Å². The molecule has 1 aromatic carbocycles. The Morgan fingerprint density at radius 1 is 1.25 bits per heavy atom. The van der Waals surface area contributed by atoms with Crippen molar-refractivity contribution in [2.45, 2.75) is 39.3 Å². The van der Waals surface area contributed by atoms with E-state index in [1.807, 2.05) is 35.0 Å². The summed E-state index contributed by atoms with van der Waals surface area (Å²) in [5.74, 6) is 0.909. The van der Waals surface area contributed by atoms with Crippen LogP contribution in [0.3, 0.4) is 0 Å². The van der Waals surface area contributed by atoms with Crippen LogP contribution in [0.4, 0.5) is 0 Å². The van der Waals surface area contributed by atoms with E-state index in [-0.39, 0.29) is 0 Å². The molecule has 5 nitrogen and oxygen atoms in total. The van der Waals surface area contributed by atoms with E-state index in [0.717, 1.165) is 42.9 Å². The van der Waals surface area contributed by atoms with Gasteiger partial charge in [-0.25, -0.2) is 4.68 Å². The van der Waals surface area contributed by atoms with Crippen molar-refractivity contribution < 1.29 is 4.74 Å². The molecule has 0 unspecified atom stereocenters. The highest BCUT2D eigenvalue weighted by molar-refractivity contribution is 5.20. The summed E-state index contributed by atoms with van der Waals surface area (Å²) < 4.78 is 7.66. The molecule has 0 aliphatic carbocycles. The topological polar surface area (TPSA) is 66.0 Å². The number of rotatable bonds is 8. The summed E-state index contributed by atoms with van der Waals surface area (Å²) in [4.78, 5) is 0. The third-order valence-corrected chi connectivity index (χ3v) is 3.12. The van der Waals surface area contributed by atoms with E-state index in [9.17, 15) is 0 Å². The summed E-state index contributed by atoms with van der Waals surface area (Å²) in [5.41, 5.74) is 7.75. The standard InChI is InChI=1S/C15H22N4O/c1-2-10-19-15(14(12-16)17-18-19)9-6-11-20-13-7-4-3-5-8-13/h3-5,7-8H,2,6,9-12,16H2,1H3. The number of nitrogens with zero attached hydrogens (tertiary/aromatic N) is 3. The zero-order chi connectivity index (χ0) is 14.2. The highest BCUT2D eigenvalue weighted by Gasteiger charge is 2.10. The highest BCUT2D eigenvalue weighted by Crippen LogP contribution is 2.11. The molecular weight excluding hydrogens is 252 g/mol. The SMILES string of the molecule is CCCn1nnc(CN)c1CCCOc1ccccc1. The third kappa shape index (κ3) is 3.81. The average molecular weight is 274 g/mol. The van der Waals surface area contributed by atoms with E-state index in [2.05, 4.69) is 17.2 Å². The van der Waals surface area contributed by atoms with Crippen LogP contribution in [0.25, 0.3) is 0 Å². The Morgan fingerprint density at radius 3 is 2.75 bits per heavy atom. The predicted octanol–water partition coefficient (Wildman–Crippen LogP) is 2.16. The summed E-state index contributed by atoms with van der Waals surface area (Å²) in [7, 11) is 0. The van der Waals surface area contributed by atoms with E-state index in [1.165, 1.54) is 0 Å². The molecule has 0 amide bonds. The van der Waals surface area contributed by atoms with Crippen molar-refractivity contribution in [1.82, 2.24) is 15.0 Å². The highest BCUT2D eigenvalue weighted by atomic mass is 16.5. The molecule has 20 heavy (non-hydrogen) atoms. The maximum absolute atomic E-state index is 5.71. The Balaban J connectivity index is 1.85. The molecule has 2 N–H and O–H groups in total. The Morgan fingerprint density at radius 2 is 2.05 bits per heavy atom. The average Bonchev–Trinajstić information content (AvgIpc) is 2.87. The number of nitrogens with two attached hydrogens (primary N) is 1. The van der Waals surface area contributed by atoms with Gasteiger partial charge in [-0.1, -0.05) is 30.3 Å². The lowest BCUT2D eigenvalue weighted by molar-refractivity contribution is 0.309. The summed E-state index contributed by atoms with van der Waals surface area (Å²) in [6.07, 6.45) is 2.87. The van der Waals surface area contributed by atoms with E-state index in [4.69, 9.17) is 10.5 Å². The van der Waals surface area contributed by atoms with Crippen LogP contribution in [0, 0.1) is 0 Å². The lowest BCUT2D eigenvalue weighted by Crippen LogP contribution is -2.09. The molecular formula is C15H22N4O. The van der Waals surface area contributed by atoms with Gasteiger partial charge >= 0.3 is 0 Å². The number of hydrogen-bond acceptors (Lipinski definition) is 4. The monoisotopic (exact) mass is 274 g/mol. The van der Waals surface area contributed by atoms with Crippen molar-refractivity contribution in [3.63, 3.8) is 0 Å². The van der Waals surface area contributed by atoms with Gasteiger partial charge in [0.1, 0.15) is 5.75 Å². The minimum absolute atomic E-state index is 0.443. The molecule has 0 spiro atoms. The molecule has 0 aliphatic rings. The zero-order valence-corrected chi connectivity index (χ0v) is 12.0. The molecule has 0 atom stereocenters. The third-order valence-electron chi connectivity index (χ3n) is 3.12. The zero-order valence-electron chi connectivity index (χ0n) is 12.0. The van der Waals surface area contributed by atoms with Gasteiger partial charge in [-0.2, -0.15) is 0 Å². The van der Waals surface area contributed by atoms with Gasteiger partial charge in [-0.05, 0) is 31.4 Å². The number of aromatic nitrogens is 3. The van der Waals surface area contributed by atoms with E-state index in [1.54, 1.807) is 0 Å². The summed E-state index contributed by atoms with van der Waals surface area (Å²) >= 11 is 0. The Bertz CT molecular complexity index is 510. The number of hydrogen-bond donors (Lipinski definition) is 1. The molecule has 1 aromatic heterocycles. The molecule has 0 aliphatic heterocycles. The van der Waals surface area contributed by atoms with Crippen LogP contribution in [0.1, 0.15) is 31.2 Å². The minimum atomic E-state index is 0.443. The predicted molar refractivity (Wildman–Crippen MR) is 78.5 cm³/mol. The van der Waals surface area contributed by atoms with Gasteiger partial charge in [0.15, 0.2) is 0 Å². The van der Waals surface area contributed by atoms with Crippen LogP contribution in [0.5, 0.6) is 5.75 Å². The van der Waals surface area contributed by atoms with E-state index in [0.29, 0.717) is 13.2 Å². The number of ether oxygens (including phenoxy) is 1. The Kier molecular flexibility index (Phi) is 5.55. The van der Waals surface area contributed by atoms with Crippen LogP contribution >= 0.6 is 0 Å². The maximum Gasteiger partial charge on any atom is 0.119 e. The van der Waals surface area contributed by atoms with Crippen molar-refractivity contribution in [3.8, 4) is 5.75 Å². The first-order valence-corrected chi connectivity index (χ1v) is 7.14. The molecule has 5 heteroatoms. The van der Waals surface area contributed by atoms with Crippen LogP contribution in [0.2, 0.25) is 0 Å². The molecule has 108 valence electrons. The number of benzene rings is 1. The summed E-state index contributed by atoms with van der Waals surface area (Å²) in [6, 6.07) is 9.86. The second kappa shape index (κ2) is 7.65. The van der Waals surface area contributed by atoms with Gasteiger partial charge in [0.2, 0.25) is 0 Å². The van der Waals surface area contributed by atoms with Crippen LogP contribution in [0.15, 0.2) is 30.3 Å². The summed E-state index contributed by atoms with van der Waals surface area (Å²) in [6.45, 7) is 4.15. The molecule has 2 aromatic rings. The maximum atomic E-state index is 5.71. The first-order chi connectivity index (χ1) is 9.85. The van der Waals surface area contributed by atoms with Crippen LogP contribution in [-0.4, -0.2) is 21.6 Å². The minimum Gasteiger partial charge on any atom is -0.494 e. The molecule has 0 saturated carbocycles. The van der Waals surface area contributed by atoms with Crippen LogP contribution < -0.4 is 10.5 Å². The fraction of sp³-hybridized carbons (Fsp3) is 0.467. The second-order valence-electron chi connectivity index (χ2n) is 4.68. The lowest BCUT2D eigenvalue weighted by Gasteiger charge is -2.08. The lowest BCUT2D eigenvalue weighted by atomic mass is 10.2. The first kappa shape index (κ1) is 14.5. The van der Waals surface area contributed by atoms with Crippen molar-refractivity contribution >= 4 is 0 Å². The number of aryl methyl sites for hydroxylation is 1. The fourth-order valence-electron chi connectivity index (χ4n) is 2.14. The Hall–Kier alpha value is -1.88. The van der Waals surface area contributed by atoms with Gasteiger partial charge in [0, 0.05) is 13.1 Å². The van der Waals surface area contributed by atoms with Gasteiger partial charge in [0.25, 0.3) is 0 Å². The summed E-state index contributed by atoms with van der Waals surface area (Å²) in [5, 5.41) is 8.30. The first-order valence-electron chi connectivity index (χ1n) is 7.14. The van der Waals surface area contributed by atoms with Crippen molar-refractivity contribution in [2.24, 2.45) is 5.73 Å². The smallest absolute Gasteiger partial charge is 0.119 e. The normalized spacial score (nSPS) is 10.7. The molecule has 2 rings (SSSR count). The quantitative estimate of drug-likeness (QED) is 0.749. The van der Waals surface area contributed by atoms with Crippen LogP contribution in [-0.2, 0) is 19.5 Å². The van der Waals surface area contributed by atoms with Crippen molar-refractivity contribution in [2.75, 3.05) is 6.61 Å². The molecule has 1 heterocycles. The largest absolute Gasteiger partial charge is 0.494 e. The molecule has 0 radical (unpaired) electrons. The van der Waals surface area contributed by atoms with E-state index < -0.39 is 0 Å². The number of para-hydroxylation sites is 1. The fourth-order valence-corrected chi connectivity index (χ4v) is 2.14. The molecule has 0 saturated heterocycles. The van der Waals surface area contributed by atoms with Gasteiger partial charge in [0.05, 0.1) is 18.0 Å². The van der Waals surface area contributed by atoms with Crippen molar-refractivity contribution in [3.05, 3.63) is 41.7 Å². The van der Waals surface area contributed by atoms with E-state index >= 15 is 0 Å². The van der Waals surface area contributed by atoms with Crippen molar-refractivity contribution in [1.29, 1.82) is 0 Å². The second-order valence-corrected chi connectivity index (χ2v) is 4.68. The van der Waals surface area contributed by atoms with Gasteiger partial charge < -0.3 is 10.5 Å². The van der Waals surface area contributed by atoms with Gasteiger partial charge in [-0.3, -0.25) is 0 Å². The Labute approximate surface area is 119 Å². The molecule has 0 bridgehead atoms.